The number of hydrogen-bond donors (Lipinski definition) is 2. The third kappa shape index (κ3) is 3.44. The first kappa shape index (κ1) is 13.9. The molecule has 96 valence electrons. The minimum Gasteiger partial charge on any atom is -0.395 e. The summed E-state index contributed by atoms with van der Waals surface area (Å²) < 4.78 is 0. The molecule has 0 spiro atoms. The minimum absolute atomic E-state index is 0.225. The van der Waals surface area contributed by atoms with Gasteiger partial charge in [0.2, 0.25) is 0 Å². The van der Waals surface area contributed by atoms with E-state index in [9.17, 15) is 0 Å². The Hall–Kier alpha value is -0.120. The van der Waals surface area contributed by atoms with Crippen LogP contribution >= 0.6 is 0 Å². The van der Waals surface area contributed by atoms with Crippen molar-refractivity contribution in [3.8, 4) is 0 Å². The van der Waals surface area contributed by atoms with Gasteiger partial charge in [-0.3, -0.25) is 0 Å². The van der Waals surface area contributed by atoms with Gasteiger partial charge in [0, 0.05) is 18.6 Å². The molecule has 0 heterocycles. The summed E-state index contributed by atoms with van der Waals surface area (Å²) in [6, 6.07) is 0.561. The summed E-state index contributed by atoms with van der Waals surface area (Å²) in [4.78, 5) is 2.23. The third-order valence-electron chi connectivity index (χ3n) is 4.25. The highest BCUT2D eigenvalue weighted by Crippen LogP contribution is 2.33. The fourth-order valence-electron chi connectivity index (χ4n) is 2.93. The Balaban J connectivity index is 2.52. The molecule has 3 nitrogen and oxygen atoms in total. The van der Waals surface area contributed by atoms with Gasteiger partial charge in [-0.05, 0) is 44.6 Å². The molecule has 1 saturated carbocycles. The van der Waals surface area contributed by atoms with E-state index in [1.807, 2.05) is 0 Å². The second-order valence-corrected chi connectivity index (χ2v) is 5.85. The van der Waals surface area contributed by atoms with Crippen molar-refractivity contribution < 1.29 is 5.11 Å². The number of hydrogen-bond acceptors (Lipinski definition) is 3. The summed E-state index contributed by atoms with van der Waals surface area (Å²) >= 11 is 0. The molecule has 1 aliphatic carbocycles. The molecule has 1 aliphatic rings. The van der Waals surface area contributed by atoms with E-state index < -0.39 is 0 Å². The highest BCUT2D eigenvalue weighted by Gasteiger charge is 2.32. The molecule has 0 aromatic rings. The van der Waals surface area contributed by atoms with Gasteiger partial charge in [-0.25, -0.2) is 0 Å². The average Bonchev–Trinajstić information content (AvgIpc) is 2.21. The van der Waals surface area contributed by atoms with Crippen molar-refractivity contribution in [1.29, 1.82) is 0 Å². The maximum absolute atomic E-state index is 9.14. The Bertz CT molecular complexity index is 198. The number of rotatable bonds is 4. The summed E-state index contributed by atoms with van der Waals surface area (Å²) in [6.45, 7) is 7.91. The zero-order chi connectivity index (χ0) is 12.3. The highest BCUT2D eigenvalue weighted by molar-refractivity contribution is 4.87. The third-order valence-corrected chi connectivity index (χ3v) is 4.25. The van der Waals surface area contributed by atoms with Crippen molar-refractivity contribution in [3.63, 3.8) is 0 Å². The van der Waals surface area contributed by atoms with Crippen LogP contribution in [0.15, 0.2) is 0 Å². The zero-order valence-corrected chi connectivity index (χ0v) is 11.2. The fourth-order valence-corrected chi connectivity index (χ4v) is 2.93. The van der Waals surface area contributed by atoms with Crippen LogP contribution in [0.25, 0.3) is 0 Å². The van der Waals surface area contributed by atoms with Gasteiger partial charge < -0.3 is 15.7 Å². The maximum Gasteiger partial charge on any atom is 0.0584 e. The lowest BCUT2D eigenvalue weighted by atomic mass is 9.72. The summed E-state index contributed by atoms with van der Waals surface area (Å²) in [6.07, 6.45) is 2.44. The van der Waals surface area contributed by atoms with Crippen LogP contribution in [0.3, 0.4) is 0 Å². The molecule has 1 rings (SSSR count). The molecule has 5 atom stereocenters. The van der Waals surface area contributed by atoms with Gasteiger partial charge >= 0.3 is 0 Å². The van der Waals surface area contributed by atoms with Crippen molar-refractivity contribution in [2.24, 2.45) is 23.5 Å². The first-order valence-electron chi connectivity index (χ1n) is 6.52. The number of nitrogens with two attached hydrogens (primary N) is 1. The number of aliphatic hydroxyl groups excluding tert-OH is 1. The normalized spacial score (nSPS) is 37.7. The van der Waals surface area contributed by atoms with E-state index in [4.69, 9.17) is 10.8 Å². The standard InChI is InChI=1S/C13H28N2O/c1-9-5-10(2)12(13(14)6-9)7-15(4)11(3)8-16/h9-13,16H,5-8,14H2,1-4H3. The molecule has 5 unspecified atom stereocenters. The molecule has 0 aliphatic heterocycles. The van der Waals surface area contributed by atoms with Crippen LogP contribution in [-0.2, 0) is 0 Å². The van der Waals surface area contributed by atoms with Crippen LogP contribution < -0.4 is 5.73 Å². The smallest absolute Gasteiger partial charge is 0.0584 e. The fraction of sp³-hybridized carbons (Fsp3) is 1.00. The highest BCUT2D eigenvalue weighted by atomic mass is 16.3. The van der Waals surface area contributed by atoms with Crippen molar-refractivity contribution in [2.45, 2.75) is 45.7 Å². The van der Waals surface area contributed by atoms with Gasteiger partial charge in [0.15, 0.2) is 0 Å². The van der Waals surface area contributed by atoms with Crippen molar-refractivity contribution in [1.82, 2.24) is 4.90 Å². The Kier molecular flexibility index (Phi) is 5.22. The second-order valence-electron chi connectivity index (χ2n) is 5.85. The molecule has 3 N–H and O–H groups in total. The van der Waals surface area contributed by atoms with E-state index in [1.54, 1.807) is 0 Å². The first-order valence-corrected chi connectivity index (χ1v) is 6.52. The Morgan fingerprint density at radius 3 is 2.50 bits per heavy atom. The number of aliphatic hydroxyl groups is 1. The minimum atomic E-state index is 0.225. The van der Waals surface area contributed by atoms with E-state index in [0.717, 1.165) is 18.9 Å². The van der Waals surface area contributed by atoms with Gasteiger partial charge in [0.1, 0.15) is 0 Å². The van der Waals surface area contributed by atoms with E-state index in [-0.39, 0.29) is 12.6 Å². The van der Waals surface area contributed by atoms with Gasteiger partial charge in [0.25, 0.3) is 0 Å². The summed E-state index contributed by atoms with van der Waals surface area (Å²) in [5.74, 6) is 2.05. The quantitative estimate of drug-likeness (QED) is 0.763. The van der Waals surface area contributed by atoms with Crippen LogP contribution in [0.4, 0.5) is 0 Å². The van der Waals surface area contributed by atoms with E-state index in [1.165, 1.54) is 6.42 Å². The lowest BCUT2D eigenvalue weighted by Crippen LogP contribution is -2.48. The van der Waals surface area contributed by atoms with Crippen molar-refractivity contribution >= 4 is 0 Å². The Morgan fingerprint density at radius 1 is 1.38 bits per heavy atom. The van der Waals surface area contributed by atoms with Gasteiger partial charge in [-0.2, -0.15) is 0 Å². The van der Waals surface area contributed by atoms with Crippen LogP contribution in [-0.4, -0.2) is 42.3 Å². The lowest BCUT2D eigenvalue weighted by molar-refractivity contribution is 0.0909. The van der Waals surface area contributed by atoms with E-state index >= 15 is 0 Å². The average molecular weight is 228 g/mol. The molecule has 0 radical (unpaired) electrons. The second kappa shape index (κ2) is 5.99. The predicted octanol–water partition coefficient (Wildman–Crippen LogP) is 1.31. The molecule has 1 fully saturated rings. The van der Waals surface area contributed by atoms with Gasteiger partial charge in [0.05, 0.1) is 6.61 Å². The predicted molar refractivity (Wildman–Crippen MR) is 68.2 cm³/mol. The largest absolute Gasteiger partial charge is 0.395 e. The molecule has 0 amide bonds. The molecule has 16 heavy (non-hydrogen) atoms. The monoisotopic (exact) mass is 228 g/mol. The molecule has 0 bridgehead atoms. The zero-order valence-electron chi connectivity index (χ0n) is 11.2. The molecule has 0 aromatic carbocycles. The molecule has 3 heteroatoms. The van der Waals surface area contributed by atoms with E-state index in [0.29, 0.717) is 17.9 Å². The molecule has 0 saturated heterocycles. The van der Waals surface area contributed by atoms with Crippen LogP contribution in [0.5, 0.6) is 0 Å². The van der Waals surface area contributed by atoms with Crippen molar-refractivity contribution in [3.05, 3.63) is 0 Å². The molecular weight excluding hydrogens is 200 g/mol. The molecular formula is C13H28N2O. The van der Waals surface area contributed by atoms with Gasteiger partial charge in [-0.15, -0.1) is 0 Å². The van der Waals surface area contributed by atoms with E-state index in [2.05, 4.69) is 32.7 Å². The Labute approximate surface area is 100 Å². The number of nitrogens with zero attached hydrogens (tertiary/aromatic N) is 1. The SMILES string of the molecule is CC1CC(C)C(CN(C)C(C)CO)C(N)C1. The summed E-state index contributed by atoms with van der Waals surface area (Å²) in [7, 11) is 2.08. The lowest BCUT2D eigenvalue weighted by Gasteiger charge is -2.40. The topological polar surface area (TPSA) is 49.5 Å². The Morgan fingerprint density at radius 2 is 2.00 bits per heavy atom. The summed E-state index contributed by atoms with van der Waals surface area (Å²) in [5.41, 5.74) is 6.26. The van der Waals surface area contributed by atoms with Gasteiger partial charge in [-0.1, -0.05) is 13.8 Å². The summed E-state index contributed by atoms with van der Waals surface area (Å²) in [5, 5.41) is 9.14. The van der Waals surface area contributed by atoms with Crippen LogP contribution in [0.1, 0.15) is 33.6 Å². The molecule has 0 aromatic heterocycles. The first-order chi connectivity index (χ1) is 7.45. The number of likely N-dealkylation sites (N-methyl/N-ethyl adjacent to an activating group) is 1. The maximum atomic E-state index is 9.14. The van der Waals surface area contributed by atoms with Crippen molar-refractivity contribution in [2.75, 3.05) is 20.2 Å². The van der Waals surface area contributed by atoms with Crippen LogP contribution in [0, 0.1) is 17.8 Å². The van der Waals surface area contributed by atoms with Crippen LogP contribution in [0.2, 0.25) is 0 Å².